The molecule has 21 nitrogen and oxygen atoms in total. The van der Waals surface area contributed by atoms with Gasteiger partial charge in [-0.05, 0) is 119 Å². The summed E-state index contributed by atoms with van der Waals surface area (Å²) in [4.78, 5) is 43.8. The van der Waals surface area contributed by atoms with Crippen LogP contribution in [-0.4, -0.2) is 167 Å². The average Bonchev–Trinajstić information content (AvgIpc) is 1.55. The SMILES string of the molecule is CC(Oc1ccc(S(C)(=O)=O)cc1C(=O)N1CC2CC2(c2nocc2C(F)(F)F)C1)C(C)(F)F.CCS(=O)(=O)c1ccc(OC(C)C(C)(F)F)c(C(=O)N2CC3CC3(c3cc(C(F)(F)F)on3)C2)c1.Cc1conc1C12CC1CN(C(=O)c1cc(S(C)(=O)=O)ccc1OC(C)C(C)(F)F)C2. The molecule has 6 heterocycles. The van der Waals surface area contributed by atoms with Crippen LogP contribution in [0.1, 0.15) is 133 Å². The molecule has 6 fully saturated rings. The summed E-state index contributed by atoms with van der Waals surface area (Å²) in [6.45, 7) is 9.78. The number of hydrogen-bond donors (Lipinski definition) is 0. The fourth-order valence-corrected chi connectivity index (χ4v) is 15.0. The second-order valence-corrected chi connectivity index (χ2v) is 33.1. The number of ether oxygens (including phenoxy) is 3. The molecule has 6 aliphatic rings. The first-order valence-electron chi connectivity index (χ1n) is 31.0. The van der Waals surface area contributed by atoms with Crippen molar-refractivity contribution in [3.05, 3.63) is 124 Å². The van der Waals surface area contributed by atoms with Gasteiger partial charge in [-0.15, -0.1) is 0 Å². The summed E-state index contributed by atoms with van der Waals surface area (Å²) < 4.78 is 264. The third-order valence-electron chi connectivity index (χ3n) is 19.4. The topological polar surface area (TPSA) is 269 Å². The number of likely N-dealkylation sites (tertiary alicyclic amines) is 3. The van der Waals surface area contributed by atoms with E-state index in [1.807, 2.05) is 6.92 Å². The molecule has 3 aliphatic heterocycles. The number of hydrogen-bond acceptors (Lipinski definition) is 18. The van der Waals surface area contributed by atoms with Crippen LogP contribution < -0.4 is 14.2 Å². The van der Waals surface area contributed by atoms with Gasteiger partial charge in [0.05, 0.1) is 48.5 Å². The summed E-state index contributed by atoms with van der Waals surface area (Å²) in [5.74, 6) is -13.8. The standard InChI is InChI=1S/C22H23F5N2O5S.C21H21F5N2O5S.C21H24F2N2O5S/c1-4-35(31,32)14-5-6-16(33-12(2)20(3,23)24)15(7-14)19(30)29-10-13-9-21(13,11-29)17-8-18(34-28-17)22(25,26)27;1-11(19(2,22)23)33-16-5-4-13(34(3,30)31)6-14(16)18(29)28-8-12-7-20(12,10-28)17-15(9-32-27-17)21(24,25)26;1-12-10-29-24-18(12)21-8-14(21)9-25(11-21)19(26)16-7-15(31(4,27)28)5-6-17(16)30-13(2)20(3,22)23/h5-8,12-13H,4,9-11H2,1-3H3;4-6,9,11-12H,7-8,10H2,1-3H3;5-7,10,13-14H,8-9,11H2,1-4H3. The Labute approximate surface area is 565 Å². The lowest BCUT2D eigenvalue weighted by Gasteiger charge is -2.25. The molecule has 3 aliphatic carbocycles. The number of piperidine rings is 3. The third-order valence-corrected chi connectivity index (χ3v) is 23.3. The zero-order chi connectivity index (χ0) is 74.0. The van der Waals surface area contributed by atoms with Crippen molar-refractivity contribution in [2.24, 2.45) is 17.8 Å². The van der Waals surface area contributed by atoms with Crippen LogP contribution in [0.3, 0.4) is 0 Å². The van der Waals surface area contributed by atoms with Crippen LogP contribution in [0.25, 0.3) is 0 Å². The van der Waals surface area contributed by atoms with Crippen LogP contribution in [-0.2, 0) is 58.1 Å². The summed E-state index contributed by atoms with van der Waals surface area (Å²) in [6, 6.07) is 11.3. The van der Waals surface area contributed by atoms with E-state index in [0.29, 0.717) is 46.0 Å². The molecule has 0 radical (unpaired) electrons. The molecule has 0 spiro atoms. The van der Waals surface area contributed by atoms with E-state index < -0.39 is 118 Å². The van der Waals surface area contributed by atoms with E-state index in [4.69, 9.17) is 18.7 Å². The minimum atomic E-state index is -4.70. The maximum atomic E-state index is 13.7. The van der Waals surface area contributed by atoms with E-state index in [1.165, 1.54) is 47.9 Å². The number of aryl methyl sites for hydroxylation is 1. The van der Waals surface area contributed by atoms with Gasteiger partial charge in [-0.1, -0.05) is 22.4 Å². The minimum Gasteiger partial charge on any atom is -0.484 e. The molecule has 0 N–H and O–H groups in total. The molecule has 36 heteroatoms. The van der Waals surface area contributed by atoms with Gasteiger partial charge in [0, 0.05) is 100 Å². The van der Waals surface area contributed by atoms with Crippen molar-refractivity contribution in [1.82, 2.24) is 30.2 Å². The Balaban J connectivity index is 0.000000162. The summed E-state index contributed by atoms with van der Waals surface area (Å²) in [7, 11) is -11.1. The molecule has 12 rings (SSSR count). The second kappa shape index (κ2) is 25.6. The van der Waals surface area contributed by atoms with Crippen LogP contribution in [0.15, 0.2) is 101 Å². The van der Waals surface area contributed by atoms with Crippen LogP contribution >= 0.6 is 0 Å². The molecular weight excluding hydrogens is 1420 g/mol. The number of nitrogens with zero attached hydrogens (tertiary/aromatic N) is 6. The van der Waals surface area contributed by atoms with Gasteiger partial charge in [-0.3, -0.25) is 14.4 Å². The van der Waals surface area contributed by atoms with Crippen LogP contribution in [0.2, 0.25) is 0 Å². The summed E-state index contributed by atoms with van der Waals surface area (Å²) in [6.07, 6.45) is -8.33. The number of carbonyl (C=O) groups excluding carboxylic acids is 3. The van der Waals surface area contributed by atoms with Gasteiger partial charge < -0.3 is 42.5 Å². The monoisotopic (exact) mass is 1480 g/mol. The highest BCUT2D eigenvalue weighted by Crippen LogP contribution is 2.62. The molecule has 9 atom stereocenters. The van der Waals surface area contributed by atoms with Crippen LogP contribution in [0, 0.1) is 24.7 Å². The summed E-state index contributed by atoms with van der Waals surface area (Å²) >= 11 is 0. The first-order chi connectivity index (χ1) is 45.9. The molecule has 546 valence electrons. The smallest absolute Gasteiger partial charge is 0.452 e. The number of carbonyl (C=O) groups is 3. The maximum absolute atomic E-state index is 13.7. The number of benzene rings is 3. The summed E-state index contributed by atoms with van der Waals surface area (Å²) in [5.41, 5.74) is -2.11. The Bertz CT molecular complexity index is 4530. The van der Waals surface area contributed by atoms with E-state index in [0.717, 1.165) is 87.4 Å². The van der Waals surface area contributed by atoms with Gasteiger partial charge in [0.25, 0.3) is 35.5 Å². The van der Waals surface area contributed by atoms with Crippen molar-refractivity contribution in [2.75, 3.05) is 57.5 Å². The first-order valence-corrected chi connectivity index (χ1v) is 36.4. The zero-order valence-corrected chi connectivity index (χ0v) is 57.5. The van der Waals surface area contributed by atoms with Crippen molar-refractivity contribution in [3.63, 3.8) is 0 Å². The Morgan fingerprint density at radius 2 is 0.890 bits per heavy atom. The Morgan fingerprint density at radius 3 is 1.25 bits per heavy atom. The highest BCUT2D eigenvalue weighted by atomic mass is 32.2. The molecule has 3 amide bonds. The maximum Gasteiger partial charge on any atom is 0.452 e. The normalized spacial score (nSPS) is 23.6. The predicted molar refractivity (Wildman–Crippen MR) is 327 cm³/mol. The molecule has 6 aromatic rings. The van der Waals surface area contributed by atoms with E-state index >= 15 is 0 Å². The zero-order valence-electron chi connectivity index (χ0n) is 55.0. The highest BCUT2D eigenvalue weighted by Gasteiger charge is 2.67. The lowest BCUT2D eigenvalue weighted by Crippen LogP contribution is -2.35. The van der Waals surface area contributed by atoms with Crippen molar-refractivity contribution < 1.29 is 120 Å². The second-order valence-electron chi connectivity index (χ2n) is 26.8. The molecule has 3 saturated carbocycles. The van der Waals surface area contributed by atoms with Crippen molar-refractivity contribution >= 4 is 47.2 Å². The van der Waals surface area contributed by atoms with Crippen molar-refractivity contribution in [3.8, 4) is 17.2 Å². The van der Waals surface area contributed by atoms with Crippen molar-refractivity contribution in [1.29, 1.82) is 0 Å². The van der Waals surface area contributed by atoms with Gasteiger partial charge in [0.15, 0.2) is 47.8 Å². The summed E-state index contributed by atoms with van der Waals surface area (Å²) in [5, 5.41) is 11.2. The van der Waals surface area contributed by atoms with Gasteiger partial charge in [-0.25, -0.2) is 51.6 Å². The third kappa shape index (κ3) is 14.9. The molecule has 3 aromatic heterocycles. The van der Waals surface area contributed by atoms with Gasteiger partial charge in [0.1, 0.15) is 41.0 Å². The molecule has 100 heavy (non-hydrogen) atoms. The number of aromatic nitrogens is 3. The van der Waals surface area contributed by atoms with E-state index in [1.54, 1.807) is 11.2 Å². The fourth-order valence-electron chi connectivity index (χ4n) is 12.8. The predicted octanol–water partition coefficient (Wildman–Crippen LogP) is 11.5. The number of rotatable bonds is 19. The molecule has 3 saturated heterocycles. The minimum absolute atomic E-state index is 0.0179. The number of fused-ring (bicyclic) bond motifs is 3. The van der Waals surface area contributed by atoms with E-state index in [9.17, 15) is 92.3 Å². The van der Waals surface area contributed by atoms with Crippen LogP contribution in [0.4, 0.5) is 52.7 Å². The number of halogens is 12. The molecule has 0 bridgehead atoms. The Kier molecular flexibility index (Phi) is 19.1. The largest absolute Gasteiger partial charge is 0.484 e. The number of alkyl halides is 12. The molecule has 9 unspecified atom stereocenters. The molecule has 3 aromatic carbocycles. The van der Waals surface area contributed by atoms with E-state index in [2.05, 4.69) is 24.5 Å². The van der Waals surface area contributed by atoms with Crippen molar-refractivity contribution in [2.45, 2.75) is 154 Å². The van der Waals surface area contributed by atoms with Crippen LogP contribution in [0.5, 0.6) is 17.2 Å². The lowest BCUT2D eigenvalue weighted by molar-refractivity contribution is -0.155. The average molecular weight is 1490 g/mol. The molecular formula is C64H68F12N6O15S3. The lowest BCUT2D eigenvalue weighted by atomic mass is 9.97. The first kappa shape index (κ1) is 74.8. The highest BCUT2D eigenvalue weighted by molar-refractivity contribution is 7.91. The van der Waals surface area contributed by atoms with Gasteiger partial charge >= 0.3 is 12.4 Å². The van der Waals surface area contributed by atoms with E-state index in [-0.39, 0.29) is 115 Å². The van der Waals surface area contributed by atoms with Gasteiger partial charge in [0.2, 0.25) is 5.76 Å². The fraction of sp³-hybridized carbons (Fsp3) is 0.531. The number of amides is 3. The number of sulfone groups is 3. The Hall–Kier alpha value is -7.89. The van der Waals surface area contributed by atoms with Gasteiger partial charge in [-0.2, -0.15) is 26.3 Å². The quantitative estimate of drug-likeness (QED) is 0.0682. The Morgan fingerprint density at radius 1 is 0.530 bits per heavy atom.